The summed E-state index contributed by atoms with van der Waals surface area (Å²) >= 11 is 13.0. The summed E-state index contributed by atoms with van der Waals surface area (Å²) in [5.41, 5.74) is 1.43. The van der Waals surface area contributed by atoms with Gasteiger partial charge in [0.25, 0.3) is 0 Å². The number of hydrogen-bond acceptors (Lipinski definition) is 2. The molecule has 1 atom stereocenters. The molecule has 21 heavy (non-hydrogen) atoms. The lowest BCUT2D eigenvalue weighted by atomic mass is 10.0. The maximum absolute atomic E-state index is 10.5. The normalized spacial score (nSPS) is 12.2. The van der Waals surface area contributed by atoms with Gasteiger partial charge in [-0.25, -0.2) is 0 Å². The molecule has 2 rings (SSSR count). The molecule has 0 saturated carbocycles. The van der Waals surface area contributed by atoms with Crippen molar-refractivity contribution in [2.75, 3.05) is 6.61 Å². The molecule has 0 fully saturated rings. The first kappa shape index (κ1) is 16.8. The Morgan fingerprint density at radius 3 is 2.57 bits per heavy atom. The summed E-state index contributed by atoms with van der Waals surface area (Å²) in [7, 11) is 0. The molecular weight excluding hydrogens is 419 g/mol. The van der Waals surface area contributed by atoms with Crippen LogP contribution in [-0.2, 0) is 0 Å². The van der Waals surface area contributed by atoms with E-state index in [2.05, 4.69) is 38.8 Å². The van der Waals surface area contributed by atoms with Crippen LogP contribution in [0.5, 0.6) is 5.75 Å². The summed E-state index contributed by atoms with van der Waals surface area (Å²) in [5, 5.41) is 11.0. The fourth-order valence-corrected chi connectivity index (χ4v) is 3.21. The zero-order valence-electron chi connectivity index (χ0n) is 11.4. The molecule has 1 N–H and O–H groups in total. The number of ether oxygens (including phenoxy) is 1. The van der Waals surface area contributed by atoms with Crippen LogP contribution >= 0.6 is 43.5 Å². The highest BCUT2D eigenvalue weighted by Crippen LogP contribution is 2.34. The van der Waals surface area contributed by atoms with Gasteiger partial charge in [0.2, 0.25) is 0 Å². The molecule has 0 aliphatic heterocycles. The standard InChI is InChI=1S/C16H15Br2ClO2/c1-2-7-21-15-6-3-10(8-13(15)18)16(20)12-5-4-11(17)9-14(12)19/h3-6,8-9,16,20H,2,7H2,1H3. The minimum atomic E-state index is -0.776. The largest absolute Gasteiger partial charge is 0.492 e. The molecular formula is C16H15Br2ClO2. The summed E-state index contributed by atoms with van der Waals surface area (Å²) in [5.74, 6) is 0.773. The van der Waals surface area contributed by atoms with Crippen LogP contribution in [0.1, 0.15) is 30.6 Å². The van der Waals surface area contributed by atoms with Crippen molar-refractivity contribution in [3.63, 3.8) is 0 Å². The Hall–Kier alpha value is -0.550. The summed E-state index contributed by atoms with van der Waals surface area (Å²) in [6.07, 6.45) is 0.174. The zero-order valence-corrected chi connectivity index (χ0v) is 15.4. The highest BCUT2D eigenvalue weighted by molar-refractivity contribution is 9.10. The van der Waals surface area contributed by atoms with Crippen LogP contribution in [0.4, 0.5) is 0 Å². The molecule has 0 radical (unpaired) electrons. The van der Waals surface area contributed by atoms with Crippen molar-refractivity contribution < 1.29 is 9.84 Å². The molecule has 5 heteroatoms. The van der Waals surface area contributed by atoms with Crippen LogP contribution in [-0.4, -0.2) is 11.7 Å². The van der Waals surface area contributed by atoms with Crippen LogP contribution in [0.2, 0.25) is 5.02 Å². The number of benzene rings is 2. The van der Waals surface area contributed by atoms with E-state index in [1.165, 1.54) is 0 Å². The molecule has 0 bridgehead atoms. The number of halogens is 3. The van der Waals surface area contributed by atoms with E-state index in [4.69, 9.17) is 16.3 Å². The van der Waals surface area contributed by atoms with Gasteiger partial charge in [-0.2, -0.15) is 0 Å². The average molecular weight is 435 g/mol. The third-order valence-electron chi connectivity index (χ3n) is 2.99. The smallest absolute Gasteiger partial charge is 0.133 e. The van der Waals surface area contributed by atoms with Crippen LogP contribution in [0.15, 0.2) is 45.3 Å². The molecule has 0 aliphatic rings. The van der Waals surface area contributed by atoms with Crippen molar-refractivity contribution in [2.45, 2.75) is 19.4 Å². The molecule has 112 valence electrons. The summed E-state index contributed by atoms with van der Waals surface area (Å²) in [4.78, 5) is 0. The molecule has 0 aliphatic carbocycles. The predicted molar refractivity (Wildman–Crippen MR) is 93.1 cm³/mol. The minimum absolute atomic E-state index is 0.527. The third kappa shape index (κ3) is 4.22. The fraction of sp³-hybridized carbons (Fsp3) is 0.250. The van der Waals surface area contributed by atoms with Crippen LogP contribution in [0.3, 0.4) is 0 Å². The SMILES string of the molecule is CCCOc1ccc(C(O)c2ccc(Br)cc2Cl)cc1Br. The fourth-order valence-electron chi connectivity index (χ4n) is 1.92. The van der Waals surface area contributed by atoms with Crippen molar-refractivity contribution in [3.05, 3.63) is 61.5 Å². The lowest BCUT2D eigenvalue weighted by Gasteiger charge is -2.15. The average Bonchev–Trinajstić information content (AvgIpc) is 2.45. The van der Waals surface area contributed by atoms with Crippen molar-refractivity contribution in [2.24, 2.45) is 0 Å². The van der Waals surface area contributed by atoms with Crippen molar-refractivity contribution in [1.29, 1.82) is 0 Å². The number of aliphatic hydroxyl groups excluding tert-OH is 1. The number of aliphatic hydroxyl groups is 1. The Labute approximate surface area is 146 Å². The van der Waals surface area contributed by atoms with Gasteiger partial charge >= 0.3 is 0 Å². The van der Waals surface area contributed by atoms with Crippen LogP contribution in [0, 0.1) is 0 Å². The first-order valence-corrected chi connectivity index (χ1v) is 8.54. The van der Waals surface area contributed by atoms with Crippen molar-refractivity contribution in [3.8, 4) is 5.75 Å². The number of hydrogen-bond donors (Lipinski definition) is 1. The maximum atomic E-state index is 10.5. The van der Waals surface area contributed by atoms with E-state index < -0.39 is 6.10 Å². The molecule has 0 spiro atoms. The molecule has 1 unspecified atom stereocenters. The lowest BCUT2D eigenvalue weighted by Crippen LogP contribution is -2.02. The van der Waals surface area contributed by atoms with Gasteiger partial charge in [-0.3, -0.25) is 0 Å². The van der Waals surface area contributed by atoms with Crippen LogP contribution < -0.4 is 4.74 Å². The Balaban J connectivity index is 2.27. The Kier molecular flexibility index (Phi) is 6.11. The van der Waals surface area contributed by atoms with Gasteiger partial charge in [-0.1, -0.05) is 46.6 Å². The number of rotatable bonds is 5. The van der Waals surface area contributed by atoms with E-state index in [1.54, 1.807) is 6.07 Å². The van der Waals surface area contributed by atoms with E-state index in [0.29, 0.717) is 17.2 Å². The van der Waals surface area contributed by atoms with Crippen molar-refractivity contribution >= 4 is 43.5 Å². The van der Waals surface area contributed by atoms with Crippen molar-refractivity contribution in [1.82, 2.24) is 0 Å². The van der Waals surface area contributed by atoms with E-state index in [1.807, 2.05) is 30.3 Å². The Morgan fingerprint density at radius 1 is 1.19 bits per heavy atom. The van der Waals surface area contributed by atoms with E-state index >= 15 is 0 Å². The Morgan fingerprint density at radius 2 is 1.95 bits per heavy atom. The zero-order chi connectivity index (χ0) is 15.4. The molecule has 0 saturated heterocycles. The molecule has 0 aromatic heterocycles. The predicted octanol–water partition coefficient (Wildman–Crippen LogP) is 5.74. The van der Waals surface area contributed by atoms with Gasteiger partial charge < -0.3 is 9.84 Å². The van der Waals surface area contributed by atoms with Gasteiger partial charge in [0.1, 0.15) is 11.9 Å². The quantitative estimate of drug-likeness (QED) is 0.651. The molecule has 2 aromatic carbocycles. The van der Waals surface area contributed by atoms with E-state index in [0.717, 1.165) is 26.7 Å². The highest BCUT2D eigenvalue weighted by atomic mass is 79.9. The summed E-state index contributed by atoms with van der Waals surface area (Å²) in [6.45, 7) is 2.72. The van der Waals surface area contributed by atoms with Gasteiger partial charge in [0.15, 0.2) is 0 Å². The second kappa shape index (κ2) is 7.63. The highest BCUT2D eigenvalue weighted by Gasteiger charge is 2.15. The first-order valence-electron chi connectivity index (χ1n) is 6.58. The molecule has 0 heterocycles. The molecule has 2 nitrogen and oxygen atoms in total. The monoisotopic (exact) mass is 432 g/mol. The molecule has 2 aromatic rings. The van der Waals surface area contributed by atoms with Crippen LogP contribution in [0.25, 0.3) is 0 Å². The lowest BCUT2D eigenvalue weighted by molar-refractivity contribution is 0.220. The first-order chi connectivity index (χ1) is 10.0. The summed E-state index contributed by atoms with van der Waals surface area (Å²) in [6, 6.07) is 11.0. The topological polar surface area (TPSA) is 29.5 Å². The van der Waals surface area contributed by atoms with Gasteiger partial charge in [-0.15, -0.1) is 0 Å². The summed E-state index contributed by atoms with van der Waals surface area (Å²) < 4.78 is 7.31. The Bertz CT molecular complexity index is 632. The van der Waals surface area contributed by atoms with Gasteiger partial charge in [0.05, 0.1) is 11.1 Å². The third-order valence-corrected chi connectivity index (χ3v) is 4.43. The van der Waals surface area contributed by atoms with Gasteiger partial charge in [-0.05, 0) is 52.2 Å². The minimum Gasteiger partial charge on any atom is -0.492 e. The van der Waals surface area contributed by atoms with E-state index in [-0.39, 0.29) is 0 Å². The second-order valence-electron chi connectivity index (χ2n) is 4.61. The molecule has 0 amide bonds. The van der Waals surface area contributed by atoms with E-state index in [9.17, 15) is 5.11 Å². The van der Waals surface area contributed by atoms with Gasteiger partial charge in [0, 0.05) is 15.1 Å². The maximum Gasteiger partial charge on any atom is 0.133 e. The second-order valence-corrected chi connectivity index (χ2v) is 6.78.